The molecule has 8 heteroatoms. The number of hydrogen-bond acceptors (Lipinski definition) is 4. The average Bonchev–Trinajstić information content (AvgIpc) is 3.02. The van der Waals surface area contributed by atoms with E-state index in [0.29, 0.717) is 11.1 Å². The van der Waals surface area contributed by atoms with Crippen LogP contribution in [0.15, 0.2) is 65.1 Å². The number of anilines is 1. The van der Waals surface area contributed by atoms with Crippen molar-refractivity contribution in [3.8, 4) is 0 Å². The van der Waals surface area contributed by atoms with Gasteiger partial charge in [0.25, 0.3) is 6.01 Å². The van der Waals surface area contributed by atoms with Gasteiger partial charge in [0.1, 0.15) is 5.52 Å². The molecule has 3 aromatic rings. The fraction of sp³-hybridized carbons (Fsp3) is 0.111. The zero-order valence-corrected chi connectivity index (χ0v) is 15.6. The Hall–Kier alpha value is -2.21. The van der Waals surface area contributed by atoms with Crippen molar-refractivity contribution in [2.75, 3.05) is 5.32 Å². The minimum atomic E-state index is -1.82. The molecule has 0 saturated heterocycles. The summed E-state index contributed by atoms with van der Waals surface area (Å²) >= 11 is 17.9. The molecule has 3 rings (SSSR count). The van der Waals surface area contributed by atoms with Gasteiger partial charge in [-0.05, 0) is 23.8 Å². The average molecular weight is 411 g/mol. The normalized spacial score (nSPS) is 13.0. The van der Waals surface area contributed by atoms with Gasteiger partial charge >= 0.3 is 0 Å². The number of para-hydroxylation sites is 2. The van der Waals surface area contributed by atoms with E-state index in [2.05, 4.69) is 15.6 Å². The van der Waals surface area contributed by atoms with Crippen LogP contribution in [0.5, 0.6) is 0 Å². The predicted octanol–water partition coefficient (Wildman–Crippen LogP) is 4.77. The lowest BCUT2D eigenvalue weighted by Crippen LogP contribution is -2.48. The summed E-state index contributed by atoms with van der Waals surface area (Å²) in [6.45, 7) is 0. The number of halogens is 3. The van der Waals surface area contributed by atoms with E-state index in [0.717, 1.165) is 5.56 Å². The quantitative estimate of drug-likeness (QED) is 0.361. The van der Waals surface area contributed by atoms with Crippen LogP contribution in [0.4, 0.5) is 6.01 Å². The summed E-state index contributed by atoms with van der Waals surface area (Å²) in [5.74, 6) is -0.436. The first kappa shape index (κ1) is 18.6. The molecule has 1 amide bonds. The van der Waals surface area contributed by atoms with Crippen molar-refractivity contribution >= 4 is 63.9 Å². The molecule has 0 aliphatic heterocycles. The van der Waals surface area contributed by atoms with Crippen LogP contribution in [0.2, 0.25) is 0 Å². The van der Waals surface area contributed by atoms with Crippen molar-refractivity contribution in [1.29, 1.82) is 0 Å². The Morgan fingerprint density at radius 2 is 1.77 bits per heavy atom. The second-order valence-corrected chi connectivity index (χ2v) is 7.73. The van der Waals surface area contributed by atoms with Crippen molar-refractivity contribution in [1.82, 2.24) is 10.3 Å². The smallest absolute Gasteiger partial charge is 0.297 e. The van der Waals surface area contributed by atoms with Crippen LogP contribution < -0.4 is 10.6 Å². The molecule has 0 aliphatic rings. The lowest BCUT2D eigenvalue weighted by molar-refractivity contribution is -0.116. The van der Waals surface area contributed by atoms with Crippen LogP contribution in [0.1, 0.15) is 5.56 Å². The maximum absolute atomic E-state index is 12.2. The van der Waals surface area contributed by atoms with E-state index in [9.17, 15) is 4.79 Å². The highest BCUT2D eigenvalue weighted by Crippen LogP contribution is 2.31. The van der Waals surface area contributed by atoms with Gasteiger partial charge < -0.3 is 15.1 Å². The third-order valence-electron chi connectivity index (χ3n) is 3.40. The Labute approximate surface area is 164 Å². The number of fused-ring (bicyclic) bond motifs is 1. The van der Waals surface area contributed by atoms with E-state index >= 15 is 0 Å². The van der Waals surface area contributed by atoms with E-state index < -0.39 is 15.9 Å². The van der Waals surface area contributed by atoms with Crippen molar-refractivity contribution in [3.63, 3.8) is 0 Å². The van der Waals surface area contributed by atoms with Crippen LogP contribution in [0.25, 0.3) is 17.2 Å². The molecule has 1 unspecified atom stereocenters. The maximum atomic E-state index is 12.2. The number of benzene rings is 2. The van der Waals surface area contributed by atoms with Gasteiger partial charge in [-0.1, -0.05) is 77.3 Å². The number of nitrogens with one attached hydrogen (secondary N) is 2. The van der Waals surface area contributed by atoms with Gasteiger partial charge in [0.05, 0.1) is 0 Å². The zero-order chi connectivity index (χ0) is 18.6. The highest BCUT2D eigenvalue weighted by atomic mass is 35.6. The van der Waals surface area contributed by atoms with Crippen molar-refractivity contribution in [2.45, 2.75) is 9.96 Å². The Bertz CT molecular complexity index is 887. The fourth-order valence-corrected chi connectivity index (χ4v) is 2.51. The molecule has 1 atom stereocenters. The summed E-state index contributed by atoms with van der Waals surface area (Å²) in [6.07, 6.45) is 1.96. The van der Waals surface area contributed by atoms with Crippen LogP contribution in [0, 0.1) is 0 Å². The Balaban J connectivity index is 1.71. The van der Waals surface area contributed by atoms with Crippen molar-refractivity contribution < 1.29 is 9.21 Å². The van der Waals surface area contributed by atoms with Crippen LogP contribution >= 0.6 is 34.8 Å². The highest BCUT2D eigenvalue weighted by molar-refractivity contribution is 6.68. The highest BCUT2D eigenvalue weighted by Gasteiger charge is 2.34. The number of amides is 1. The molecule has 1 heterocycles. The van der Waals surface area contributed by atoms with Gasteiger partial charge in [0.2, 0.25) is 9.70 Å². The van der Waals surface area contributed by atoms with Gasteiger partial charge in [-0.15, -0.1) is 0 Å². The second kappa shape index (κ2) is 7.99. The summed E-state index contributed by atoms with van der Waals surface area (Å²) in [4.78, 5) is 16.4. The molecule has 0 radical (unpaired) electrons. The number of alkyl halides is 3. The summed E-state index contributed by atoms with van der Waals surface area (Å²) < 4.78 is 3.71. The molecule has 0 fully saturated rings. The molecule has 1 aromatic heterocycles. The first-order chi connectivity index (χ1) is 12.4. The van der Waals surface area contributed by atoms with E-state index in [1.165, 1.54) is 6.08 Å². The van der Waals surface area contributed by atoms with Gasteiger partial charge in [-0.25, -0.2) is 0 Å². The number of rotatable bonds is 5. The Kier molecular flexibility index (Phi) is 5.71. The summed E-state index contributed by atoms with van der Waals surface area (Å²) in [5, 5.41) is 5.39. The largest absolute Gasteiger partial charge is 0.424 e. The number of carbonyl (C=O) groups excluding carboxylic acids is 1. The maximum Gasteiger partial charge on any atom is 0.297 e. The number of hydrogen-bond donors (Lipinski definition) is 2. The third-order valence-corrected chi connectivity index (χ3v) is 4.06. The number of oxazole rings is 1. The SMILES string of the molecule is O=C(/C=C/c1ccccc1)NC(Nc1nc2ccccc2o1)C(Cl)(Cl)Cl. The van der Waals surface area contributed by atoms with E-state index in [1.54, 1.807) is 18.2 Å². The molecule has 5 nitrogen and oxygen atoms in total. The lowest BCUT2D eigenvalue weighted by atomic mass is 10.2. The lowest BCUT2D eigenvalue weighted by Gasteiger charge is -2.25. The zero-order valence-electron chi connectivity index (χ0n) is 13.3. The van der Waals surface area contributed by atoms with Gasteiger partial charge in [-0.2, -0.15) is 4.98 Å². The summed E-state index contributed by atoms with van der Waals surface area (Å²) in [5.41, 5.74) is 2.10. The first-order valence-electron chi connectivity index (χ1n) is 7.64. The van der Waals surface area contributed by atoms with Crippen molar-refractivity contribution in [2.24, 2.45) is 0 Å². The molecule has 0 saturated carbocycles. The topological polar surface area (TPSA) is 67.2 Å². The first-order valence-corrected chi connectivity index (χ1v) is 8.78. The fourth-order valence-electron chi connectivity index (χ4n) is 2.18. The molecule has 0 aliphatic carbocycles. The molecule has 2 aromatic carbocycles. The third kappa shape index (κ3) is 4.91. The van der Waals surface area contributed by atoms with Gasteiger partial charge in [0.15, 0.2) is 11.7 Å². The Morgan fingerprint density at radius 3 is 2.46 bits per heavy atom. The van der Waals surface area contributed by atoms with Crippen LogP contribution in [0.3, 0.4) is 0 Å². The molecule has 2 N–H and O–H groups in total. The number of aromatic nitrogens is 1. The molecular weight excluding hydrogens is 397 g/mol. The van der Waals surface area contributed by atoms with Crippen LogP contribution in [-0.2, 0) is 4.79 Å². The minimum Gasteiger partial charge on any atom is -0.424 e. The summed E-state index contributed by atoms with van der Waals surface area (Å²) in [6, 6.07) is 16.7. The molecule has 0 spiro atoms. The molecular formula is C18H14Cl3N3O2. The monoisotopic (exact) mass is 409 g/mol. The van der Waals surface area contributed by atoms with E-state index in [-0.39, 0.29) is 6.01 Å². The standard InChI is InChI=1S/C18H14Cl3N3O2/c19-18(20,21)16(23-15(25)11-10-12-6-2-1-3-7-12)24-17-22-13-8-4-5-9-14(13)26-17/h1-11,16H,(H,22,24)(H,23,25)/b11-10+. The van der Waals surface area contributed by atoms with Crippen LogP contribution in [-0.4, -0.2) is 20.8 Å². The number of carbonyl (C=O) groups is 1. The minimum absolute atomic E-state index is 0.134. The predicted molar refractivity (Wildman–Crippen MR) is 105 cm³/mol. The second-order valence-electron chi connectivity index (χ2n) is 5.36. The number of nitrogens with zero attached hydrogens (tertiary/aromatic N) is 1. The van der Waals surface area contributed by atoms with Gasteiger partial charge in [0, 0.05) is 6.08 Å². The Morgan fingerprint density at radius 1 is 1.08 bits per heavy atom. The molecule has 134 valence electrons. The molecule has 0 bridgehead atoms. The van der Waals surface area contributed by atoms with Gasteiger partial charge in [-0.3, -0.25) is 4.79 Å². The van der Waals surface area contributed by atoms with E-state index in [4.69, 9.17) is 39.2 Å². The molecule has 26 heavy (non-hydrogen) atoms. The van der Waals surface area contributed by atoms with Crippen molar-refractivity contribution in [3.05, 3.63) is 66.2 Å². The summed E-state index contributed by atoms with van der Waals surface area (Å²) in [7, 11) is 0. The van der Waals surface area contributed by atoms with E-state index in [1.807, 2.05) is 42.5 Å².